The van der Waals surface area contributed by atoms with Crippen LogP contribution < -0.4 is 10.4 Å². The molecule has 2 fully saturated rings. The zero-order valence-electron chi connectivity index (χ0n) is 17.3. The summed E-state index contributed by atoms with van der Waals surface area (Å²) in [6.45, 7) is 9.90. The van der Waals surface area contributed by atoms with Crippen molar-refractivity contribution >= 4 is 24.3 Å². The third kappa shape index (κ3) is 4.24. The molecule has 0 radical (unpaired) electrons. The lowest BCUT2D eigenvalue weighted by molar-refractivity contribution is -0.123. The van der Waals surface area contributed by atoms with E-state index in [0.29, 0.717) is 11.0 Å². The third-order valence-electron chi connectivity index (χ3n) is 5.75. The number of carbonyl (C=O) groups is 1. The molecular weight excluding hydrogens is 388 g/mol. The van der Waals surface area contributed by atoms with Gasteiger partial charge in [0.15, 0.2) is 0 Å². The Hall–Kier alpha value is -1.78. The number of benzene rings is 1. The molecule has 2 aliphatic rings. The van der Waals surface area contributed by atoms with Crippen LogP contribution in [0.25, 0.3) is 0 Å². The van der Waals surface area contributed by atoms with Gasteiger partial charge in [0.25, 0.3) is 0 Å². The van der Waals surface area contributed by atoms with E-state index < -0.39 is 30.7 Å². The number of halogens is 3. The van der Waals surface area contributed by atoms with E-state index in [4.69, 9.17) is 14.0 Å². The number of rotatable bonds is 2. The van der Waals surface area contributed by atoms with Gasteiger partial charge < -0.3 is 18.9 Å². The number of ether oxygens (including phenoxy) is 1. The first-order valence-electron chi connectivity index (χ1n) is 9.53. The highest BCUT2D eigenvalue weighted by Gasteiger charge is 2.52. The van der Waals surface area contributed by atoms with Gasteiger partial charge >= 0.3 is 19.4 Å². The van der Waals surface area contributed by atoms with Crippen LogP contribution in [0.2, 0.25) is 0 Å². The molecule has 2 heterocycles. The fourth-order valence-electron chi connectivity index (χ4n) is 3.25. The van der Waals surface area contributed by atoms with Gasteiger partial charge in [-0.1, -0.05) is 11.6 Å². The monoisotopic (exact) mass is 414 g/mol. The molecule has 0 spiro atoms. The Morgan fingerprint density at radius 3 is 2.17 bits per heavy atom. The van der Waals surface area contributed by atoms with E-state index >= 15 is 0 Å². The largest absolute Gasteiger partial charge is 0.495 e. The average molecular weight is 414 g/mol. The Kier molecular flexibility index (Phi) is 5.66. The van der Waals surface area contributed by atoms with Crippen LogP contribution in [-0.2, 0) is 14.0 Å². The van der Waals surface area contributed by atoms with E-state index in [9.17, 15) is 18.0 Å². The maximum atomic E-state index is 13.9. The molecule has 0 unspecified atom stereocenters. The lowest BCUT2D eigenvalue weighted by Crippen LogP contribution is -2.53. The molecule has 0 aromatic heterocycles. The highest BCUT2D eigenvalue weighted by molar-refractivity contribution is 6.62. The van der Waals surface area contributed by atoms with Crippen LogP contribution in [0.1, 0.15) is 33.3 Å². The Bertz CT molecular complexity index is 763. The van der Waals surface area contributed by atoms with Crippen molar-refractivity contribution < 1.29 is 32.0 Å². The summed E-state index contributed by atoms with van der Waals surface area (Å²) in [6.07, 6.45) is -4.88. The van der Waals surface area contributed by atoms with Gasteiger partial charge in [-0.25, -0.2) is 9.69 Å². The molecule has 1 aromatic rings. The van der Waals surface area contributed by atoms with E-state index in [1.165, 1.54) is 12.1 Å². The van der Waals surface area contributed by atoms with Gasteiger partial charge in [-0.3, -0.25) is 0 Å². The van der Waals surface area contributed by atoms with Crippen LogP contribution in [0.3, 0.4) is 0 Å². The van der Waals surface area contributed by atoms with Crippen molar-refractivity contribution in [1.82, 2.24) is 4.90 Å². The molecule has 1 aromatic carbocycles. The summed E-state index contributed by atoms with van der Waals surface area (Å²) in [7, 11) is -0.825. The SMILES string of the molecule is Cc1ccc(N(C(=O)N2CCOCC2)C(F)(F)F)cc1B1OC(C)(C)C(C)(C)O1. The second kappa shape index (κ2) is 7.48. The number of urea groups is 1. The summed E-state index contributed by atoms with van der Waals surface area (Å²) in [5, 5.41) is 0. The highest BCUT2D eigenvalue weighted by atomic mass is 19.4. The summed E-state index contributed by atoms with van der Waals surface area (Å²) >= 11 is 0. The van der Waals surface area contributed by atoms with E-state index in [2.05, 4.69) is 0 Å². The number of hydrogen-bond donors (Lipinski definition) is 0. The first-order chi connectivity index (χ1) is 13.3. The molecule has 2 amide bonds. The molecule has 3 rings (SSSR count). The maximum Gasteiger partial charge on any atom is 0.495 e. The zero-order chi connectivity index (χ0) is 21.6. The molecule has 0 N–H and O–H groups in total. The van der Waals surface area contributed by atoms with Gasteiger partial charge in [-0.15, -0.1) is 13.2 Å². The predicted octanol–water partition coefficient (Wildman–Crippen LogP) is 3.07. The molecule has 2 aliphatic heterocycles. The minimum atomic E-state index is -4.88. The number of morpholine rings is 1. The van der Waals surface area contributed by atoms with Gasteiger partial charge in [0.05, 0.1) is 30.1 Å². The lowest BCUT2D eigenvalue weighted by atomic mass is 9.76. The van der Waals surface area contributed by atoms with E-state index in [1.54, 1.807) is 13.0 Å². The minimum absolute atomic E-state index is 0.112. The molecule has 0 aliphatic carbocycles. The number of amides is 2. The van der Waals surface area contributed by atoms with Crippen molar-refractivity contribution in [2.75, 3.05) is 31.2 Å². The van der Waals surface area contributed by atoms with Crippen LogP contribution >= 0.6 is 0 Å². The predicted molar refractivity (Wildman–Crippen MR) is 103 cm³/mol. The van der Waals surface area contributed by atoms with Crippen LogP contribution in [0.5, 0.6) is 0 Å². The fourth-order valence-corrected chi connectivity index (χ4v) is 3.25. The highest BCUT2D eigenvalue weighted by Crippen LogP contribution is 2.37. The van der Waals surface area contributed by atoms with Gasteiger partial charge in [-0.05, 0) is 52.2 Å². The lowest BCUT2D eigenvalue weighted by Gasteiger charge is -2.34. The zero-order valence-corrected chi connectivity index (χ0v) is 17.3. The molecule has 0 saturated carbocycles. The van der Waals surface area contributed by atoms with Gasteiger partial charge in [0.2, 0.25) is 0 Å². The molecular formula is C19H26BF3N2O4. The van der Waals surface area contributed by atoms with Gasteiger partial charge in [0, 0.05) is 13.1 Å². The smallest absolute Gasteiger partial charge is 0.399 e. The standard InChI is InChI=1S/C19H26BF3N2O4/c1-13-6-7-14(12-15(13)20-28-17(2,3)18(4,5)29-20)25(19(21,22)23)16(26)24-8-10-27-11-9-24/h6-7,12H,8-11H2,1-5H3. The summed E-state index contributed by atoms with van der Waals surface area (Å²) in [5.74, 6) is 0. The molecule has 160 valence electrons. The minimum Gasteiger partial charge on any atom is -0.399 e. The molecule has 0 atom stereocenters. The summed E-state index contributed by atoms with van der Waals surface area (Å²) in [6, 6.07) is 3.03. The van der Waals surface area contributed by atoms with Crippen molar-refractivity contribution in [3.05, 3.63) is 23.8 Å². The van der Waals surface area contributed by atoms with Crippen molar-refractivity contribution in [1.29, 1.82) is 0 Å². The second-order valence-corrected chi connectivity index (χ2v) is 8.31. The van der Waals surface area contributed by atoms with Crippen LogP contribution in [0.4, 0.5) is 23.7 Å². The van der Waals surface area contributed by atoms with Gasteiger partial charge in [-0.2, -0.15) is 0 Å². The molecule has 6 nitrogen and oxygen atoms in total. The van der Waals surface area contributed by atoms with E-state index in [1.807, 2.05) is 27.7 Å². The van der Waals surface area contributed by atoms with E-state index in [-0.39, 0.29) is 36.9 Å². The van der Waals surface area contributed by atoms with Crippen molar-refractivity contribution in [2.24, 2.45) is 0 Å². The Balaban J connectivity index is 1.96. The number of nitrogens with zero attached hydrogens (tertiary/aromatic N) is 2. The quantitative estimate of drug-likeness (QED) is 0.552. The summed E-state index contributed by atoms with van der Waals surface area (Å²) in [5.41, 5.74) is -0.358. The van der Waals surface area contributed by atoms with Crippen molar-refractivity contribution in [3.63, 3.8) is 0 Å². The fraction of sp³-hybridized carbons (Fsp3) is 0.632. The van der Waals surface area contributed by atoms with Crippen LogP contribution in [-0.4, -0.2) is 61.9 Å². The molecule has 29 heavy (non-hydrogen) atoms. The molecule has 0 bridgehead atoms. The number of hydrogen-bond acceptors (Lipinski definition) is 4. The number of aryl methyl sites for hydroxylation is 1. The molecule has 2 saturated heterocycles. The normalized spacial score (nSPS) is 21.4. The average Bonchev–Trinajstić information content (AvgIpc) is 2.83. The third-order valence-corrected chi connectivity index (χ3v) is 5.75. The maximum absolute atomic E-state index is 13.9. The Morgan fingerprint density at radius 1 is 1.10 bits per heavy atom. The van der Waals surface area contributed by atoms with Crippen molar-refractivity contribution in [3.8, 4) is 0 Å². The number of alkyl halides is 3. The van der Waals surface area contributed by atoms with E-state index in [0.717, 1.165) is 4.90 Å². The van der Waals surface area contributed by atoms with Crippen molar-refractivity contribution in [2.45, 2.75) is 52.1 Å². The van der Waals surface area contributed by atoms with Gasteiger partial charge in [0.1, 0.15) is 0 Å². The Morgan fingerprint density at radius 2 is 1.66 bits per heavy atom. The number of anilines is 1. The van der Waals surface area contributed by atoms with Crippen LogP contribution in [0.15, 0.2) is 18.2 Å². The second-order valence-electron chi connectivity index (χ2n) is 8.31. The number of carbonyl (C=O) groups excluding carboxylic acids is 1. The topological polar surface area (TPSA) is 51.2 Å². The summed E-state index contributed by atoms with van der Waals surface area (Å²) in [4.78, 5) is 13.7. The first kappa shape index (κ1) is 21.9. The van der Waals surface area contributed by atoms with Crippen LogP contribution in [0, 0.1) is 6.92 Å². The Labute approximate surface area is 169 Å². The summed E-state index contributed by atoms with van der Waals surface area (Å²) < 4.78 is 58.7. The molecule has 10 heteroatoms. The first-order valence-corrected chi connectivity index (χ1v) is 9.53.